The maximum absolute atomic E-state index is 11.3. The molecule has 9 heteroatoms. The van der Waals surface area contributed by atoms with Crippen molar-refractivity contribution in [3.63, 3.8) is 0 Å². The van der Waals surface area contributed by atoms with Crippen LogP contribution < -0.4 is 11.1 Å². The molecule has 0 saturated heterocycles. The Kier molecular flexibility index (Phi) is 48.9. The summed E-state index contributed by atoms with van der Waals surface area (Å²) < 4.78 is 9.24. The van der Waals surface area contributed by atoms with E-state index in [2.05, 4.69) is 33.0 Å². The number of carboxylic acids is 1. The number of carbonyl (C=O) groups is 4. The fourth-order valence-corrected chi connectivity index (χ4v) is 5.21. The Morgan fingerprint density at radius 1 is 0.510 bits per heavy atom. The minimum absolute atomic E-state index is 0.0775. The highest BCUT2D eigenvalue weighted by atomic mass is 16.5. The van der Waals surface area contributed by atoms with E-state index in [0.29, 0.717) is 38.8 Å². The molecule has 0 aliphatic rings. The fourth-order valence-electron chi connectivity index (χ4n) is 5.21. The molecule has 0 atom stereocenters. The summed E-state index contributed by atoms with van der Waals surface area (Å²) in [5, 5.41) is 10.8. The maximum atomic E-state index is 11.3. The van der Waals surface area contributed by atoms with Gasteiger partial charge >= 0.3 is 17.9 Å². The van der Waals surface area contributed by atoms with Crippen LogP contribution in [0, 0.1) is 0 Å². The first-order valence-corrected chi connectivity index (χ1v) is 20.4. The Labute approximate surface area is 313 Å². The van der Waals surface area contributed by atoms with Gasteiger partial charge in [-0.15, -0.1) is 0 Å². The van der Waals surface area contributed by atoms with Crippen LogP contribution in [0.25, 0.3) is 0 Å². The number of carboxylic acid groups (broad SMARTS) is 1. The molecule has 51 heavy (non-hydrogen) atoms. The first kappa shape index (κ1) is 52.7. The average molecular weight is 725 g/mol. The van der Waals surface area contributed by atoms with E-state index in [1.807, 2.05) is 19.9 Å². The molecule has 0 heterocycles. The summed E-state index contributed by atoms with van der Waals surface area (Å²) >= 11 is 0. The molecule has 9 nitrogen and oxygen atoms in total. The number of hydrogen-bond donors (Lipinski definition) is 3. The van der Waals surface area contributed by atoms with Crippen molar-refractivity contribution >= 4 is 23.8 Å². The highest BCUT2D eigenvalue weighted by Crippen LogP contribution is 2.13. The number of nitrogens with two attached hydrogens (primary N) is 1. The summed E-state index contributed by atoms with van der Waals surface area (Å²) in [6.45, 7) is 5.19. The molecule has 0 spiro atoms. The van der Waals surface area contributed by atoms with Crippen molar-refractivity contribution in [2.45, 2.75) is 194 Å². The van der Waals surface area contributed by atoms with Crippen LogP contribution in [0.4, 0.5) is 0 Å². The van der Waals surface area contributed by atoms with Gasteiger partial charge < -0.3 is 25.6 Å². The van der Waals surface area contributed by atoms with E-state index < -0.39 is 5.97 Å². The largest absolute Gasteiger partial charge is 0.481 e. The monoisotopic (exact) mass is 725 g/mol. The van der Waals surface area contributed by atoms with Gasteiger partial charge in [0.25, 0.3) is 0 Å². The van der Waals surface area contributed by atoms with Crippen LogP contribution in [0.3, 0.4) is 0 Å². The van der Waals surface area contributed by atoms with Crippen molar-refractivity contribution in [3.8, 4) is 0 Å². The SMILES string of the molecule is CCCC(=O)NC/C=C\CCCCCCCCCCCCC(=O)OC.CCCC(=O)O.COC(=O)CCCCCCCCCCCC/C=C\CN. The number of carbonyl (C=O) groups excluding carboxylic acids is 3. The molecule has 0 radical (unpaired) electrons. The lowest BCUT2D eigenvalue weighted by Gasteiger charge is -2.02. The van der Waals surface area contributed by atoms with Gasteiger partial charge in [-0.2, -0.15) is 0 Å². The lowest BCUT2D eigenvalue weighted by Crippen LogP contribution is -2.22. The second kappa shape index (κ2) is 47.3. The van der Waals surface area contributed by atoms with Gasteiger partial charge in [-0.25, -0.2) is 0 Å². The third-order valence-electron chi connectivity index (χ3n) is 8.29. The van der Waals surface area contributed by atoms with Crippen LogP contribution in [-0.2, 0) is 28.7 Å². The number of rotatable bonds is 33. The molecule has 0 aromatic rings. The third-order valence-corrected chi connectivity index (χ3v) is 8.29. The second-order valence-electron chi connectivity index (χ2n) is 13.2. The summed E-state index contributed by atoms with van der Waals surface area (Å²) in [7, 11) is 2.91. The van der Waals surface area contributed by atoms with Gasteiger partial charge in [0, 0.05) is 38.8 Å². The Hall–Kier alpha value is -2.68. The van der Waals surface area contributed by atoms with Crippen molar-refractivity contribution in [2.75, 3.05) is 27.3 Å². The van der Waals surface area contributed by atoms with Gasteiger partial charge in [-0.3, -0.25) is 19.2 Å². The Morgan fingerprint density at radius 3 is 1.18 bits per heavy atom. The number of nitrogens with one attached hydrogen (secondary N) is 1. The van der Waals surface area contributed by atoms with E-state index in [1.165, 1.54) is 123 Å². The summed E-state index contributed by atoms with van der Waals surface area (Å²) in [6, 6.07) is 0. The zero-order valence-electron chi connectivity index (χ0n) is 33.5. The molecule has 1 amide bonds. The van der Waals surface area contributed by atoms with E-state index in [9.17, 15) is 19.2 Å². The molecule has 0 aromatic heterocycles. The van der Waals surface area contributed by atoms with E-state index in [4.69, 9.17) is 10.8 Å². The molecule has 0 bridgehead atoms. The number of methoxy groups -OCH3 is 2. The lowest BCUT2D eigenvalue weighted by atomic mass is 10.1. The van der Waals surface area contributed by atoms with E-state index in [1.54, 1.807) is 0 Å². The molecule has 0 saturated carbocycles. The van der Waals surface area contributed by atoms with Crippen LogP contribution in [0.15, 0.2) is 24.3 Å². The number of ether oxygens (including phenoxy) is 2. The first-order valence-electron chi connectivity index (χ1n) is 20.4. The van der Waals surface area contributed by atoms with Gasteiger partial charge in [-0.05, 0) is 51.4 Å². The Morgan fingerprint density at radius 2 is 0.863 bits per heavy atom. The predicted molar refractivity (Wildman–Crippen MR) is 213 cm³/mol. The van der Waals surface area contributed by atoms with Gasteiger partial charge in [0.2, 0.25) is 5.91 Å². The van der Waals surface area contributed by atoms with Crippen molar-refractivity contribution in [3.05, 3.63) is 24.3 Å². The summed E-state index contributed by atoms with van der Waals surface area (Å²) in [5.74, 6) is -0.726. The van der Waals surface area contributed by atoms with Crippen molar-refractivity contribution in [1.82, 2.24) is 5.32 Å². The standard InChI is InChI=1S/C21H39NO3.C17H33NO2.C4H8O2/c1-3-17-20(23)22-19-16-14-12-10-8-6-4-5-7-9-11-13-15-18-21(24)25-2;1-20-17(19)15-13-11-9-7-5-3-2-4-6-8-10-12-14-16-18;1-2-3-4(5)6/h14,16H,3-13,15,17-19H2,1-2H3,(H,22,23);12,14H,2-11,13,15-16,18H2,1H3;2-3H2,1H3,(H,5,6)/b16-14-;14-12-;. The number of hydrogen-bond acceptors (Lipinski definition) is 7. The number of unbranched alkanes of at least 4 members (excludes halogenated alkanes) is 20. The number of aliphatic carboxylic acids is 1. The molecular weight excluding hydrogens is 644 g/mol. The van der Waals surface area contributed by atoms with E-state index in [-0.39, 0.29) is 17.8 Å². The normalized spacial score (nSPS) is 10.7. The van der Waals surface area contributed by atoms with E-state index in [0.717, 1.165) is 44.9 Å². The minimum Gasteiger partial charge on any atom is -0.481 e. The molecule has 0 unspecified atom stereocenters. The Balaban J connectivity index is -0.000000791. The lowest BCUT2D eigenvalue weighted by molar-refractivity contribution is -0.141. The minimum atomic E-state index is -0.711. The van der Waals surface area contributed by atoms with Crippen molar-refractivity contribution < 1.29 is 33.8 Å². The van der Waals surface area contributed by atoms with Crippen molar-refractivity contribution in [1.29, 1.82) is 0 Å². The zero-order chi connectivity index (χ0) is 38.5. The highest BCUT2D eigenvalue weighted by Gasteiger charge is 2.00. The molecule has 4 N–H and O–H groups in total. The highest BCUT2D eigenvalue weighted by molar-refractivity contribution is 5.75. The predicted octanol–water partition coefficient (Wildman–Crippen LogP) is 10.5. The van der Waals surface area contributed by atoms with Gasteiger partial charge in [-0.1, -0.05) is 141 Å². The number of amides is 1. The van der Waals surface area contributed by atoms with Crippen LogP contribution in [0.5, 0.6) is 0 Å². The van der Waals surface area contributed by atoms with Crippen molar-refractivity contribution in [2.24, 2.45) is 5.73 Å². The molecule has 0 aliphatic heterocycles. The van der Waals surface area contributed by atoms with Crippen LogP contribution in [-0.4, -0.2) is 56.2 Å². The zero-order valence-corrected chi connectivity index (χ0v) is 33.5. The average Bonchev–Trinajstić information content (AvgIpc) is 3.11. The second-order valence-corrected chi connectivity index (χ2v) is 13.2. The van der Waals surface area contributed by atoms with E-state index >= 15 is 0 Å². The molecule has 0 aromatic carbocycles. The van der Waals surface area contributed by atoms with Crippen LogP contribution in [0.2, 0.25) is 0 Å². The topological polar surface area (TPSA) is 145 Å². The third kappa shape index (κ3) is 54.3. The summed E-state index contributed by atoms with van der Waals surface area (Å²) in [6.07, 6.45) is 39.7. The molecule has 0 fully saturated rings. The summed E-state index contributed by atoms with van der Waals surface area (Å²) in [4.78, 5) is 42.7. The quantitative estimate of drug-likeness (QED) is 0.0344. The molecule has 0 aliphatic carbocycles. The first-order chi connectivity index (χ1) is 24.8. The van der Waals surface area contributed by atoms with Gasteiger partial charge in [0.05, 0.1) is 14.2 Å². The maximum Gasteiger partial charge on any atom is 0.305 e. The Bertz CT molecular complexity index is 830. The molecular formula is C42H80N2O7. The fraction of sp³-hybridized carbons (Fsp3) is 0.810. The smallest absolute Gasteiger partial charge is 0.305 e. The summed E-state index contributed by atoms with van der Waals surface area (Å²) in [5.41, 5.74) is 5.38. The molecule has 0 rings (SSSR count). The van der Waals surface area contributed by atoms with Crippen LogP contribution in [0.1, 0.15) is 194 Å². The van der Waals surface area contributed by atoms with Gasteiger partial charge in [0.15, 0.2) is 0 Å². The number of esters is 2. The van der Waals surface area contributed by atoms with Gasteiger partial charge in [0.1, 0.15) is 0 Å². The molecule has 300 valence electrons. The van der Waals surface area contributed by atoms with Crippen LogP contribution >= 0.6 is 0 Å². The number of allylic oxidation sites excluding steroid dienone is 2.